The highest BCUT2D eigenvalue weighted by Crippen LogP contribution is 2.28. The number of hydrogen-bond acceptors (Lipinski definition) is 4. The standard InChI is InChI=1S/C17H24BNO4/c1-4-19(14-7-8-22-17(2,3)10-14)16(20)12-5-6-15-13(9-12)11-23-18(15)21/h5-6,9,14,21H,4,7-8,10-11H2,1-3H3. The number of carbonyl (C=O) groups excluding carboxylic acids is 1. The van der Waals surface area contributed by atoms with Gasteiger partial charge in [0.2, 0.25) is 0 Å². The number of nitrogens with zero attached hydrogens (tertiary/aromatic N) is 1. The summed E-state index contributed by atoms with van der Waals surface area (Å²) in [5.41, 5.74) is 2.13. The molecule has 0 bridgehead atoms. The fourth-order valence-corrected chi connectivity index (χ4v) is 3.56. The largest absolute Gasteiger partial charge is 0.491 e. The summed E-state index contributed by atoms with van der Waals surface area (Å²) >= 11 is 0. The quantitative estimate of drug-likeness (QED) is 0.855. The van der Waals surface area contributed by atoms with Crippen molar-refractivity contribution < 1.29 is 19.2 Å². The van der Waals surface area contributed by atoms with E-state index in [-0.39, 0.29) is 17.6 Å². The van der Waals surface area contributed by atoms with Gasteiger partial charge in [0.25, 0.3) is 5.91 Å². The Morgan fingerprint density at radius 3 is 2.96 bits per heavy atom. The molecule has 5 nitrogen and oxygen atoms in total. The van der Waals surface area contributed by atoms with Gasteiger partial charge in [-0.3, -0.25) is 4.79 Å². The van der Waals surface area contributed by atoms with E-state index in [2.05, 4.69) is 13.8 Å². The summed E-state index contributed by atoms with van der Waals surface area (Å²) in [6, 6.07) is 5.63. The van der Waals surface area contributed by atoms with Gasteiger partial charge in [-0.2, -0.15) is 0 Å². The lowest BCUT2D eigenvalue weighted by Gasteiger charge is -2.41. The smallest absolute Gasteiger partial charge is 0.423 e. The number of ether oxygens (including phenoxy) is 1. The summed E-state index contributed by atoms with van der Waals surface area (Å²) in [5.74, 6) is 0.0411. The van der Waals surface area contributed by atoms with E-state index < -0.39 is 7.12 Å². The molecule has 2 aliphatic rings. The third-order valence-corrected chi connectivity index (χ3v) is 4.77. The van der Waals surface area contributed by atoms with E-state index in [1.807, 2.05) is 17.9 Å². The molecule has 1 amide bonds. The maximum atomic E-state index is 12.9. The third-order valence-electron chi connectivity index (χ3n) is 4.77. The molecule has 0 saturated carbocycles. The van der Waals surface area contributed by atoms with Gasteiger partial charge in [0, 0.05) is 24.8 Å². The zero-order valence-corrected chi connectivity index (χ0v) is 14.0. The molecule has 1 unspecified atom stereocenters. The maximum Gasteiger partial charge on any atom is 0.491 e. The molecule has 0 spiro atoms. The van der Waals surface area contributed by atoms with E-state index in [0.717, 1.165) is 23.9 Å². The highest BCUT2D eigenvalue weighted by molar-refractivity contribution is 6.61. The first kappa shape index (κ1) is 16.5. The highest BCUT2D eigenvalue weighted by atomic mass is 16.5. The fraction of sp³-hybridized carbons (Fsp3) is 0.588. The summed E-state index contributed by atoms with van der Waals surface area (Å²) < 4.78 is 11.0. The Labute approximate surface area is 137 Å². The molecule has 0 aromatic heterocycles. The molecule has 3 rings (SSSR count). The molecule has 2 heterocycles. The van der Waals surface area contributed by atoms with Crippen LogP contribution >= 0.6 is 0 Å². The van der Waals surface area contributed by atoms with Crippen molar-refractivity contribution >= 4 is 18.5 Å². The summed E-state index contributed by atoms with van der Waals surface area (Å²) in [5, 5.41) is 9.70. The van der Waals surface area contributed by atoms with Crippen LogP contribution in [0, 0.1) is 0 Å². The lowest BCUT2D eigenvalue weighted by atomic mass is 9.79. The van der Waals surface area contributed by atoms with Crippen LogP contribution in [0.2, 0.25) is 0 Å². The number of fused-ring (bicyclic) bond motifs is 1. The Balaban J connectivity index is 1.80. The van der Waals surface area contributed by atoms with Gasteiger partial charge < -0.3 is 19.3 Å². The number of benzene rings is 1. The van der Waals surface area contributed by atoms with E-state index in [1.165, 1.54) is 0 Å². The van der Waals surface area contributed by atoms with Crippen LogP contribution in [0.3, 0.4) is 0 Å². The van der Waals surface area contributed by atoms with Crippen LogP contribution in [0.5, 0.6) is 0 Å². The van der Waals surface area contributed by atoms with Crippen molar-refractivity contribution in [1.82, 2.24) is 4.90 Å². The van der Waals surface area contributed by atoms with Crippen molar-refractivity contribution in [3.05, 3.63) is 29.3 Å². The fourth-order valence-electron chi connectivity index (χ4n) is 3.56. The highest BCUT2D eigenvalue weighted by Gasteiger charge is 2.34. The van der Waals surface area contributed by atoms with Gasteiger partial charge >= 0.3 is 7.12 Å². The maximum absolute atomic E-state index is 12.9. The molecule has 1 fully saturated rings. The Morgan fingerprint density at radius 1 is 1.48 bits per heavy atom. The predicted octanol–water partition coefficient (Wildman–Crippen LogP) is 1.32. The minimum atomic E-state index is -0.868. The molecule has 1 atom stereocenters. The van der Waals surface area contributed by atoms with Crippen molar-refractivity contribution in [1.29, 1.82) is 0 Å². The van der Waals surface area contributed by atoms with E-state index in [4.69, 9.17) is 9.39 Å². The lowest BCUT2D eigenvalue weighted by molar-refractivity contribution is -0.0777. The topological polar surface area (TPSA) is 59.0 Å². The molecule has 1 aromatic carbocycles. The number of rotatable bonds is 3. The molecule has 1 aromatic rings. The number of carbonyl (C=O) groups is 1. The number of amides is 1. The van der Waals surface area contributed by atoms with Crippen molar-refractivity contribution in [3.8, 4) is 0 Å². The van der Waals surface area contributed by atoms with Crippen molar-refractivity contribution in [2.75, 3.05) is 13.2 Å². The molecule has 23 heavy (non-hydrogen) atoms. The van der Waals surface area contributed by atoms with Gasteiger partial charge in [0.15, 0.2) is 0 Å². The molecular weight excluding hydrogens is 293 g/mol. The molecule has 6 heteroatoms. The molecule has 124 valence electrons. The van der Waals surface area contributed by atoms with Crippen molar-refractivity contribution in [3.63, 3.8) is 0 Å². The van der Waals surface area contributed by atoms with Gasteiger partial charge in [0.05, 0.1) is 12.2 Å². The van der Waals surface area contributed by atoms with E-state index in [9.17, 15) is 9.82 Å². The summed E-state index contributed by atoms with van der Waals surface area (Å²) in [6.45, 7) is 7.88. The van der Waals surface area contributed by atoms with Gasteiger partial charge in [0.1, 0.15) is 0 Å². The molecular formula is C17H24BNO4. The normalized spacial score (nSPS) is 22.8. The second-order valence-corrected chi connectivity index (χ2v) is 6.92. The van der Waals surface area contributed by atoms with Crippen LogP contribution in [0.25, 0.3) is 0 Å². The zero-order valence-electron chi connectivity index (χ0n) is 14.0. The third kappa shape index (κ3) is 3.29. The van der Waals surface area contributed by atoms with Gasteiger partial charge in [-0.1, -0.05) is 6.07 Å². The second-order valence-electron chi connectivity index (χ2n) is 6.92. The lowest BCUT2D eigenvalue weighted by Crippen LogP contribution is -2.48. The Morgan fingerprint density at radius 2 is 2.26 bits per heavy atom. The van der Waals surface area contributed by atoms with Gasteiger partial charge in [-0.15, -0.1) is 0 Å². The Bertz CT molecular complexity index is 604. The molecule has 0 aliphatic carbocycles. The van der Waals surface area contributed by atoms with Crippen LogP contribution < -0.4 is 5.46 Å². The Kier molecular flexibility index (Phi) is 4.49. The number of hydrogen-bond donors (Lipinski definition) is 1. The first-order valence-electron chi connectivity index (χ1n) is 8.28. The first-order chi connectivity index (χ1) is 10.9. The minimum absolute atomic E-state index is 0.0411. The molecule has 2 aliphatic heterocycles. The van der Waals surface area contributed by atoms with Gasteiger partial charge in [-0.05, 0) is 56.8 Å². The van der Waals surface area contributed by atoms with Crippen LogP contribution in [-0.2, 0) is 16.0 Å². The summed E-state index contributed by atoms with van der Waals surface area (Å²) in [4.78, 5) is 14.9. The minimum Gasteiger partial charge on any atom is -0.423 e. The Hall–Kier alpha value is -1.37. The second kappa shape index (κ2) is 6.26. The average Bonchev–Trinajstić information content (AvgIpc) is 2.88. The van der Waals surface area contributed by atoms with Crippen molar-refractivity contribution in [2.45, 2.75) is 51.9 Å². The van der Waals surface area contributed by atoms with E-state index in [0.29, 0.717) is 25.3 Å². The molecule has 1 saturated heterocycles. The van der Waals surface area contributed by atoms with Crippen LogP contribution in [0.1, 0.15) is 49.5 Å². The summed E-state index contributed by atoms with van der Waals surface area (Å²) in [6.07, 6.45) is 1.72. The van der Waals surface area contributed by atoms with Crippen LogP contribution in [0.15, 0.2) is 18.2 Å². The molecule has 1 N–H and O–H groups in total. The van der Waals surface area contributed by atoms with Crippen LogP contribution in [0.4, 0.5) is 0 Å². The monoisotopic (exact) mass is 317 g/mol. The van der Waals surface area contributed by atoms with E-state index >= 15 is 0 Å². The summed E-state index contributed by atoms with van der Waals surface area (Å²) in [7, 11) is -0.868. The molecule has 0 radical (unpaired) electrons. The van der Waals surface area contributed by atoms with Gasteiger partial charge in [-0.25, -0.2) is 0 Å². The average molecular weight is 317 g/mol. The van der Waals surface area contributed by atoms with E-state index in [1.54, 1.807) is 12.1 Å². The zero-order chi connectivity index (χ0) is 16.6. The predicted molar refractivity (Wildman–Crippen MR) is 88.6 cm³/mol. The SMILES string of the molecule is CCN(C(=O)c1ccc2c(c1)COB2O)C1CCOC(C)(C)C1. The van der Waals surface area contributed by atoms with Crippen molar-refractivity contribution in [2.24, 2.45) is 0 Å². The van der Waals surface area contributed by atoms with Crippen LogP contribution in [-0.4, -0.2) is 47.7 Å². The first-order valence-corrected chi connectivity index (χ1v) is 8.28.